The summed E-state index contributed by atoms with van der Waals surface area (Å²) in [6, 6.07) is 0. The molecule has 420 valence electrons. The number of hydrogen-bond acceptors (Lipinski definition) is 6. The lowest BCUT2D eigenvalue weighted by Crippen LogP contribution is -2.30. The standard InChI is InChI=1S/C67H116O6/c1-4-7-10-13-16-19-22-25-28-30-32-33-35-37-40-43-46-49-52-55-58-61-67(70)73-64(62-71-65(68)59-56-53-50-47-44-41-38-27-24-21-18-15-12-9-6-3)63-72-66(69)60-57-54-51-48-45-42-39-36-34-31-29-26-23-20-17-14-11-8-5-2/h17-18,20-21,25-29,34,36,38,42,45,64H,4-16,19,22-24,30-33,35,37,39-41,43-44,46-63H2,1-3H3/b20-17-,21-18-,28-25-,29-26-,36-34-,38-27-,45-42-/t64-/m0/s1. The van der Waals surface area contributed by atoms with Gasteiger partial charge in [-0.3, -0.25) is 14.4 Å². The van der Waals surface area contributed by atoms with Crippen molar-refractivity contribution in [3.05, 3.63) is 85.1 Å². The van der Waals surface area contributed by atoms with Gasteiger partial charge in [0.25, 0.3) is 0 Å². The Morgan fingerprint density at radius 1 is 0.274 bits per heavy atom. The zero-order valence-electron chi connectivity index (χ0n) is 48.1. The van der Waals surface area contributed by atoms with Crippen LogP contribution in [0, 0.1) is 0 Å². The molecular weight excluding hydrogens is 901 g/mol. The van der Waals surface area contributed by atoms with Crippen LogP contribution in [0.1, 0.15) is 303 Å². The summed E-state index contributed by atoms with van der Waals surface area (Å²) in [4.78, 5) is 38.3. The van der Waals surface area contributed by atoms with Crippen LogP contribution in [-0.4, -0.2) is 37.2 Å². The number of unbranched alkanes of at least 4 members (excludes halogenated alkanes) is 31. The summed E-state index contributed by atoms with van der Waals surface area (Å²) in [7, 11) is 0. The van der Waals surface area contributed by atoms with E-state index in [2.05, 4.69) is 106 Å². The van der Waals surface area contributed by atoms with Crippen LogP contribution in [-0.2, 0) is 28.6 Å². The first kappa shape index (κ1) is 69.6. The summed E-state index contributed by atoms with van der Waals surface area (Å²) < 4.78 is 16.9. The third kappa shape index (κ3) is 59.3. The Morgan fingerprint density at radius 2 is 0.493 bits per heavy atom. The molecule has 0 rings (SSSR count). The van der Waals surface area contributed by atoms with Crippen LogP contribution in [0.4, 0.5) is 0 Å². The predicted molar refractivity (Wildman–Crippen MR) is 316 cm³/mol. The molecule has 0 aromatic rings. The van der Waals surface area contributed by atoms with Crippen molar-refractivity contribution in [3.8, 4) is 0 Å². The minimum atomic E-state index is -0.797. The minimum absolute atomic E-state index is 0.0937. The van der Waals surface area contributed by atoms with E-state index < -0.39 is 6.10 Å². The van der Waals surface area contributed by atoms with Gasteiger partial charge in [-0.2, -0.15) is 0 Å². The van der Waals surface area contributed by atoms with Crippen LogP contribution in [0.5, 0.6) is 0 Å². The van der Waals surface area contributed by atoms with E-state index in [-0.39, 0.29) is 31.1 Å². The fourth-order valence-corrected chi connectivity index (χ4v) is 8.63. The monoisotopic (exact) mass is 1020 g/mol. The second-order valence-electron chi connectivity index (χ2n) is 20.6. The highest BCUT2D eigenvalue weighted by molar-refractivity contribution is 5.71. The topological polar surface area (TPSA) is 78.9 Å². The van der Waals surface area contributed by atoms with Gasteiger partial charge in [-0.15, -0.1) is 0 Å². The number of rotatable bonds is 56. The summed E-state index contributed by atoms with van der Waals surface area (Å²) in [5, 5.41) is 0. The van der Waals surface area contributed by atoms with Crippen LogP contribution in [0.25, 0.3) is 0 Å². The van der Waals surface area contributed by atoms with Gasteiger partial charge in [-0.05, 0) is 122 Å². The van der Waals surface area contributed by atoms with Gasteiger partial charge in [-0.25, -0.2) is 0 Å². The zero-order valence-corrected chi connectivity index (χ0v) is 48.1. The van der Waals surface area contributed by atoms with Crippen LogP contribution >= 0.6 is 0 Å². The zero-order chi connectivity index (χ0) is 52.9. The van der Waals surface area contributed by atoms with Gasteiger partial charge in [0.15, 0.2) is 6.10 Å². The minimum Gasteiger partial charge on any atom is -0.462 e. The lowest BCUT2D eigenvalue weighted by molar-refractivity contribution is -0.167. The Morgan fingerprint density at radius 3 is 0.822 bits per heavy atom. The second kappa shape index (κ2) is 61.1. The van der Waals surface area contributed by atoms with E-state index in [1.54, 1.807) is 0 Å². The van der Waals surface area contributed by atoms with Crippen molar-refractivity contribution >= 4 is 17.9 Å². The van der Waals surface area contributed by atoms with Gasteiger partial charge in [-0.1, -0.05) is 247 Å². The van der Waals surface area contributed by atoms with Gasteiger partial charge in [0, 0.05) is 19.3 Å². The molecule has 0 aliphatic heterocycles. The Bertz CT molecular complexity index is 1400. The third-order valence-electron chi connectivity index (χ3n) is 13.3. The number of esters is 3. The molecule has 0 fully saturated rings. The molecule has 0 heterocycles. The van der Waals surface area contributed by atoms with Crippen molar-refractivity contribution in [1.82, 2.24) is 0 Å². The number of allylic oxidation sites excluding steroid dienone is 14. The Hall–Kier alpha value is -3.41. The van der Waals surface area contributed by atoms with E-state index in [4.69, 9.17) is 14.2 Å². The summed E-state index contributed by atoms with van der Waals surface area (Å²) in [6.45, 7) is 6.57. The third-order valence-corrected chi connectivity index (χ3v) is 13.3. The molecule has 0 aliphatic carbocycles. The lowest BCUT2D eigenvalue weighted by atomic mass is 10.0. The average molecular weight is 1020 g/mol. The molecule has 0 unspecified atom stereocenters. The fourth-order valence-electron chi connectivity index (χ4n) is 8.63. The Balaban J connectivity index is 4.43. The molecule has 0 amide bonds. The molecule has 73 heavy (non-hydrogen) atoms. The normalized spacial score (nSPS) is 12.6. The highest BCUT2D eigenvalue weighted by atomic mass is 16.6. The molecule has 0 aromatic heterocycles. The predicted octanol–water partition coefficient (Wildman–Crippen LogP) is 21.1. The molecule has 0 radical (unpaired) electrons. The van der Waals surface area contributed by atoms with Crippen LogP contribution < -0.4 is 0 Å². The van der Waals surface area contributed by atoms with Gasteiger partial charge in [0.2, 0.25) is 0 Å². The summed E-state index contributed by atoms with van der Waals surface area (Å²) >= 11 is 0. The van der Waals surface area contributed by atoms with E-state index in [1.807, 2.05) is 0 Å². The molecule has 0 bridgehead atoms. The van der Waals surface area contributed by atoms with Gasteiger partial charge in [0.1, 0.15) is 13.2 Å². The summed E-state index contributed by atoms with van der Waals surface area (Å²) in [5.74, 6) is -0.929. The molecular formula is C67H116O6. The van der Waals surface area contributed by atoms with E-state index in [9.17, 15) is 14.4 Å². The highest BCUT2D eigenvalue weighted by Gasteiger charge is 2.19. The SMILES string of the molecule is CCCCC/C=C\C/C=C\C/C=C\C/C=C\CCCCCC(=O)OC[C@H](COC(=O)CCCCCCC/C=C\C/C=C\CCCCC)OC(=O)CCCCCCCCCCCCC/C=C\CCCCCCCC. The number of hydrogen-bond donors (Lipinski definition) is 0. The van der Waals surface area contributed by atoms with Crippen LogP contribution in [0.15, 0.2) is 85.1 Å². The van der Waals surface area contributed by atoms with Gasteiger partial charge >= 0.3 is 17.9 Å². The lowest BCUT2D eigenvalue weighted by Gasteiger charge is -2.18. The van der Waals surface area contributed by atoms with E-state index in [1.165, 1.54) is 154 Å². The first-order chi connectivity index (χ1) is 36.0. The smallest absolute Gasteiger partial charge is 0.306 e. The first-order valence-corrected chi connectivity index (χ1v) is 31.1. The van der Waals surface area contributed by atoms with E-state index in [0.29, 0.717) is 19.3 Å². The molecule has 0 N–H and O–H groups in total. The maximum absolute atomic E-state index is 12.9. The molecule has 0 spiro atoms. The Labute approximate surface area is 452 Å². The molecule has 6 heteroatoms. The largest absolute Gasteiger partial charge is 0.462 e. The molecule has 0 saturated heterocycles. The molecule has 6 nitrogen and oxygen atoms in total. The highest BCUT2D eigenvalue weighted by Crippen LogP contribution is 2.15. The second-order valence-corrected chi connectivity index (χ2v) is 20.6. The van der Waals surface area contributed by atoms with Crippen molar-refractivity contribution in [1.29, 1.82) is 0 Å². The van der Waals surface area contributed by atoms with Crippen molar-refractivity contribution < 1.29 is 28.6 Å². The number of ether oxygens (including phenoxy) is 3. The number of carbonyl (C=O) groups is 3. The van der Waals surface area contributed by atoms with E-state index >= 15 is 0 Å². The van der Waals surface area contributed by atoms with Crippen molar-refractivity contribution in [3.63, 3.8) is 0 Å². The quantitative estimate of drug-likeness (QED) is 0.0261. The number of carbonyl (C=O) groups excluding carboxylic acids is 3. The molecule has 0 aromatic carbocycles. The molecule has 0 saturated carbocycles. The molecule has 0 aliphatic rings. The van der Waals surface area contributed by atoms with Crippen molar-refractivity contribution in [2.45, 2.75) is 309 Å². The summed E-state index contributed by atoms with van der Waals surface area (Å²) in [5.41, 5.74) is 0. The molecule has 1 atom stereocenters. The van der Waals surface area contributed by atoms with Gasteiger partial charge in [0.05, 0.1) is 0 Å². The van der Waals surface area contributed by atoms with Crippen LogP contribution in [0.2, 0.25) is 0 Å². The fraction of sp³-hybridized carbons (Fsp3) is 0.746. The maximum Gasteiger partial charge on any atom is 0.306 e. The maximum atomic E-state index is 12.9. The first-order valence-electron chi connectivity index (χ1n) is 31.1. The summed E-state index contributed by atoms with van der Waals surface area (Å²) in [6.07, 6.45) is 80.0. The van der Waals surface area contributed by atoms with Crippen LogP contribution in [0.3, 0.4) is 0 Å². The average Bonchev–Trinajstić information content (AvgIpc) is 3.39. The Kier molecular flexibility index (Phi) is 58.3. The van der Waals surface area contributed by atoms with Crippen molar-refractivity contribution in [2.75, 3.05) is 13.2 Å². The van der Waals surface area contributed by atoms with E-state index in [0.717, 1.165) is 109 Å². The van der Waals surface area contributed by atoms with Gasteiger partial charge < -0.3 is 14.2 Å². The van der Waals surface area contributed by atoms with Crippen molar-refractivity contribution in [2.24, 2.45) is 0 Å².